The van der Waals surface area contributed by atoms with Crippen molar-refractivity contribution in [1.82, 2.24) is 15.6 Å². The summed E-state index contributed by atoms with van der Waals surface area (Å²) in [6.07, 6.45) is 0.812. The van der Waals surface area contributed by atoms with Crippen LogP contribution in [0.2, 0.25) is 0 Å². The van der Waals surface area contributed by atoms with E-state index in [-0.39, 0.29) is 12.1 Å². The summed E-state index contributed by atoms with van der Waals surface area (Å²) in [7, 11) is 0. The number of aliphatic hydroxyl groups excluding tert-OH is 1. The minimum absolute atomic E-state index is 0.157. The van der Waals surface area contributed by atoms with E-state index >= 15 is 0 Å². The van der Waals surface area contributed by atoms with Crippen LogP contribution in [0.25, 0.3) is 10.9 Å². The lowest BCUT2D eigenvalue weighted by Crippen LogP contribution is -2.39. The summed E-state index contributed by atoms with van der Waals surface area (Å²) >= 11 is 0. The highest BCUT2D eigenvalue weighted by atomic mass is 19.1. The van der Waals surface area contributed by atoms with Gasteiger partial charge in [-0.2, -0.15) is 0 Å². The summed E-state index contributed by atoms with van der Waals surface area (Å²) in [5.74, 6) is 0.144. The molecule has 0 spiro atoms. The Kier molecular flexibility index (Phi) is 6.33. The van der Waals surface area contributed by atoms with Gasteiger partial charge in [0.2, 0.25) is 0 Å². The highest BCUT2D eigenvalue weighted by Crippen LogP contribution is 2.17. The van der Waals surface area contributed by atoms with Gasteiger partial charge in [0.05, 0.1) is 18.2 Å². The number of benzene rings is 2. The molecule has 1 aromatic heterocycles. The summed E-state index contributed by atoms with van der Waals surface area (Å²) in [5, 5.41) is 17.5. The van der Waals surface area contributed by atoms with Gasteiger partial charge in [-0.15, -0.1) is 0 Å². The summed E-state index contributed by atoms with van der Waals surface area (Å²) in [4.78, 5) is 8.94. The van der Waals surface area contributed by atoms with E-state index in [0.717, 1.165) is 16.5 Å². The minimum Gasteiger partial charge on any atom is -0.386 e. The SMILES string of the molecule is CCNC(=NCc1ccnc2ccccc12)NCC(O)c1ccccc1F. The zero-order valence-electron chi connectivity index (χ0n) is 15.2. The number of aromatic nitrogens is 1. The number of aliphatic imine (C=N–C) groups is 1. The van der Waals surface area contributed by atoms with Gasteiger partial charge < -0.3 is 15.7 Å². The number of nitrogens with zero attached hydrogens (tertiary/aromatic N) is 2. The molecule has 6 heteroatoms. The smallest absolute Gasteiger partial charge is 0.191 e. The van der Waals surface area contributed by atoms with Crippen molar-refractivity contribution in [3.63, 3.8) is 0 Å². The molecule has 140 valence electrons. The Morgan fingerprint density at radius 2 is 1.89 bits per heavy atom. The summed E-state index contributed by atoms with van der Waals surface area (Å²) in [6, 6.07) is 16.1. The lowest BCUT2D eigenvalue weighted by molar-refractivity contribution is 0.176. The summed E-state index contributed by atoms with van der Waals surface area (Å²) < 4.78 is 13.8. The van der Waals surface area contributed by atoms with Crippen molar-refractivity contribution < 1.29 is 9.50 Å². The van der Waals surface area contributed by atoms with Crippen molar-refractivity contribution in [2.75, 3.05) is 13.1 Å². The van der Waals surface area contributed by atoms with Crippen LogP contribution in [-0.4, -0.2) is 29.1 Å². The van der Waals surface area contributed by atoms with Gasteiger partial charge >= 0.3 is 0 Å². The normalized spacial score (nSPS) is 12.8. The number of nitrogens with one attached hydrogen (secondary N) is 2. The Balaban J connectivity index is 1.70. The Hall–Kier alpha value is -2.99. The third-order valence-electron chi connectivity index (χ3n) is 4.22. The van der Waals surface area contributed by atoms with Crippen LogP contribution in [-0.2, 0) is 6.54 Å². The molecule has 3 rings (SSSR count). The van der Waals surface area contributed by atoms with Gasteiger partial charge in [0.1, 0.15) is 5.82 Å². The Morgan fingerprint density at radius 3 is 2.70 bits per heavy atom. The van der Waals surface area contributed by atoms with Gasteiger partial charge in [0.25, 0.3) is 0 Å². The van der Waals surface area contributed by atoms with Gasteiger partial charge in [-0.3, -0.25) is 4.98 Å². The second-order valence-electron chi connectivity index (χ2n) is 6.10. The third-order valence-corrected chi connectivity index (χ3v) is 4.22. The lowest BCUT2D eigenvalue weighted by Gasteiger charge is -2.16. The first-order valence-electron chi connectivity index (χ1n) is 8.96. The maximum atomic E-state index is 13.8. The molecular weight excluding hydrogens is 343 g/mol. The van der Waals surface area contributed by atoms with Gasteiger partial charge in [-0.25, -0.2) is 9.38 Å². The molecule has 27 heavy (non-hydrogen) atoms. The van der Waals surface area contributed by atoms with Gasteiger partial charge in [0.15, 0.2) is 5.96 Å². The second kappa shape index (κ2) is 9.09. The number of hydrogen-bond donors (Lipinski definition) is 3. The number of halogens is 1. The highest BCUT2D eigenvalue weighted by molar-refractivity contribution is 5.83. The molecule has 0 aliphatic carbocycles. The van der Waals surface area contributed by atoms with E-state index in [9.17, 15) is 9.50 Å². The van der Waals surface area contributed by atoms with Crippen LogP contribution in [0.3, 0.4) is 0 Å². The fourth-order valence-electron chi connectivity index (χ4n) is 2.85. The van der Waals surface area contributed by atoms with E-state index < -0.39 is 11.9 Å². The molecule has 0 bridgehead atoms. The van der Waals surface area contributed by atoms with E-state index in [4.69, 9.17) is 0 Å². The molecule has 3 aromatic rings. The molecule has 0 saturated heterocycles. The molecule has 2 aromatic carbocycles. The first kappa shape index (κ1) is 18.8. The molecule has 0 aliphatic rings. The van der Waals surface area contributed by atoms with E-state index in [2.05, 4.69) is 20.6 Å². The van der Waals surface area contributed by atoms with E-state index in [1.807, 2.05) is 37.3 Å². The lowest BCUT2D eigenvalue weighted by atomic mass is 10.1. The summed E-state index contributed by atoms with van der Waals surface area (Å²) in [5.41, 5.74) is 2.26. The van der Waals surface area contributed by atoms with Crippen LogP contribution in [0.15, 0.2) is 65.8 Å². The van der Waals surface area contributed by atoms with Crippen molar-refractivity contribution in [3.05, 3.63) is 77.7 Å². The Bertz CT molecular complexity index is 923. The van der Waals surface area contributed by atoms with Crippen LogP contribution in [0.5, 0.6) is 0 Å². The average Bonchev–Trinajstić information content (AvgIpc) is 2.70. The van der Waals surface area contributed by atoms with E-state index in [1.165, 1.54) is 6.07 Å². The molecule has 1 unspecified atom stereocenters. The second-order valence-corrected chi connectivity index (χ2v) is 6.10. The number of guanidine groups is 1. The van der Waals surface area contributed by atoms with Crippen LogP contribution < -0.4 is 10.6 Å². The predicted molar refractivity (Wildman–Crippen MR) is 106 cm³/mol. The summed E-state index contributed by atoms with van der Waals surface area (Å²) in [6.45, 7) is 3.27. The fourth-order valence-corrected chi connectivity index (χ4v) is 2.85. The van der Waals surface area contributed by atoms with Crippen molar-refractivity contribution in [2.24, 2.45) is 4.99 Å². The molecule has 0 saturated carbocycles. The molecule has 0 fully saturated rings. The Morgan fingerprint density at radius 1 is 1.11 bits per heavy atom. The minimum atomic E-state index is -0.961. The van der Waals surface area contributed by atoms with Crippen molar-refractivity contribution in [3.8, 4) is 0 Å². The van der Waals surface area contributed by atoms with Gasteiger partial charge in [-0.1, -0.05) is 36.4 Å². The molecule has 1 atom stereocenters. The molecule has 0 aliphatic heterocycles. The standard InChI is InChI=1S/C21H23FN4O/c1-2-23-21(26-14-20(27)17-8-3-5-9-18(17)22)25-13-15-11-12-24-19-10-6-4-7-16(15)19/h3-12,20,27H,2,13-14H2,1H3,(H2,23,25,26). The number of hydrogen-bond acceptors (Lipinski definition) is 3. The number of pyridine rings is 1. The number of para-hydroxylation sites is 1. The van der Waals surface area contributed by atoms with Crippen LogP contribution >= 0.6 is 0 Å². The maximum Gasteiger partial charge on any atom is 0.191 e. The largest absolute Gasteiger partial charge is 0.386 e. The van der Waals surface area contributed by atoms with E-state index in [1.54, 1.807) is 24.4 Å². The number of aliphatic hydroxyl groups is 1. The molecule has 3 N–H and O–H groups in total. The number of fused-ring (bicyclic) bond motifs is 1. The molecule has 1 heterocycles. The fraction of sp³-hybridized carbons (Fsp3) is 0.238. The molecular formula is C21H23FN4O. The average molecular weight is 366 g/mol. The third kappa shape index (κ3) is 4.80. The van der Waals surface area contributed by atoms with Crippen molar-refractivity contribution in [2.45, 2.75) is 19.6 Å². The van der Waals surface area contributed by atoms with Crippen LogP contribution in [0.1, 0.15) is 24.2 Å². The van der Waals surface area contributed by atoms with Gasteiger partial charge in [-0.05, 0) is 30.7 Å². The monoisotopic (exact) mass is 366 g/mol. The van der Waals surface area contributed by atoms with Crippen molar-refractivity contribution in [1.29, 1.82) is 0 Å². The van der Waals surface area contributed by atoms with Crippen molar-refractivity contribution >= 4 is 16.9 Å². The maximum absolute atomic E-state index is 13.8. The zero-order valence-corrected chi connectivity index (χ0v) is 15.2. The van der Waals surface area contributed by atoms with Crippen LogP contribution in [0.4, 0.5) is 4.39 Å². The Labute approximate surface area is 158 Å². The zero-order chi connectivity index (χ0) is 19.1. The number of rotatable bonds is 6. The topological polar surface area (TPSA) is 69.5 Å². The first-order valence-corrected chi connectivity index (χ1v) is 8.96. The molecule has 5 nitrogen and oxygen atoms in total. The molecule has 0 amide bonds. The predicted octanol–water partition coefficient (Wildman–Crippen LogP) is 3.16. The van der Waals surface area contributed by atoms with Crippen LogP contribution in [0, 0.1) is 5.82 Å². The molecule has 0 radical (unpaired) electrons. The quantitative estimate of drug-likeness (QED) is 0.463. The first-order chi connectivity index (χ1) is 13.2. The van der Waals surface area contributed by atoms with E-state index in [0.29, 0.717) is 19.0 Å². The van der Waals surface area contributed by atoms with Gasteiger partial charge in [0, 0.05) is 30.2 Å². The highest BCUT2D eigenvalue weighted by Gasteiger charge is 2.12.